The van der Waals surface area contributed by atoms with Crippen molar-refractivity contribution >= 4 is 29.3 Å². The number of aromatic nitrogens is 2. The van der Waals surface area contributed by atoms with Crippen LogP contribution in [0.1, 0.15) is 72.5 Å². The van der Waals surface area contributed by atoms with Crippen molar-refractivity contribution in [2.75, 3.05) is 6.54 Å². The Hall–Kier alpha value is -2.87. The Labute approximate surface area is 198 Å². The van der Waals surface area contributed by atoms with E-state index in [4.69, 9.17) is 11.6 Å². The van der Waals surface area contributed by atoms with Crippen molar-refractivity contribution < 1.29 is 14.4 Å². The lowest BCUT2D eigenvalue weighted by Gasteiger charge is -2.43. The van der Waals surface area contributed by atoms with Crippen LogP contribution >= 0.6 is 11.6 Å². The van der Waals surface area contributed by atoms with Gasteiger partial charge in [-0.1, -0.05) is 49.6 Å². The molecule has 2 heterocycles. The van der Waals surface area contributed by atoms with Crippen LogP contribution in [0, 0.1) is 0 Å². The van der Waals surface area contributed by atoms with Gasteiger partial charge in [-0.25, -0.2) is 0 Å². The van der Waals surface area contributed by atoms with E-state index in [0.717, 1.165) is 37.7 Å². The molecular formula is C24H30ClN5O3. The zero-order valence-corrected chi connectivity index (χ0v) is 19.8. The average Bonchev–Trinajstić information content (AvgIpc) is 3.46. The van der Waals surface area contributed by atoms with Crippen molar-refractivity contribution in [3.8, 4) is 0 Å². The van der Waals surface area contributed by atoms with Crippen molar-refractivity contribution in [1.29, 1.82) is 0 Å². The number of halogens is 1. The first-order valence-corrected chi connectivity index (χ1v) is 11.9. The molecule has 2 aromatic rings. The number of hydrogen-bond acceptors (Lipinski definition) is 4. The minimum absolute atomic E-state index is 0.141. The van der Waals surface area contributed by atoms with Gasteiger partial charge in [-0.15, -0.1) is 0 Å². The molecule has 1 aliphatic heterocycles. The maximum Gasteiger partial charge on any atom is 0.273 e. The van der Waals surface area contributed by atoms with Gasteiger partial charge in [-0.2, -0.15) is 5.10 Å². The van der Waals surface area contributed by atoms with Gasteiger partial charge < -0.3 is 15.5 Å². The highest BCUT2D eigenvalue weighted by atomic mass is 35.5. The Bertz CT molecular complexity index is 1060. The third-order valence-corrected chi connectivity index (χ3v) is 6.92. The Morgan fingerprint density at radius 2 is 1.97 bits per heavy atom. The summed E-state index contributed by atoms with van der Waals surface area (Å²) >= 11 is 6.16. The molecule has 1 fully saturated rings. The van der Waals surface area contributed by atoms with Crippen LogP contribution in [-0.2, 0) is 17.9 Å². The molecule has 0 spiro atoms. The molecule has 1 saturated carbocycles. The molecule has 4 rings (SSSR count). The zero-order valence-electron chi connectivity index (χ0n) is 19.1. The van der Waals surface area contributed by atoms with E-state index in [1.54, 1.807) is 17.9 Å². The molecule has 0 unspecified atom stereocenters. The number of rotatable bonds is 7. The average molecular weight is 472 g/mol. The van der Waals surface area contributed by atoms with Gasteiger partial charge in [0.25, 0.3) is 11.8 Å². The molecule has 2 aliphatic rings. The van der Waals surface area contributed by atoms with Gasteiger partial charge in [0, 0.05) is 30.2 Å². The normalized spacial score (nSPS) is 20.6. The summed E-state index contributed by atoms with van der Waals surface area (Å²) in [7, 11) is 0. The fourth-order valence-corrected chi connectivity index (χ4v) is 4.85. The molecule has 9 heteroatoms. The highest BCUT2D eigenvalue weighted by molar-refractivity contribution is 6.31. The maximum atomic E-state index is 13.4. The maximum absolute atomic E-state index is 13.4. The topological polar surface area (TPSA) is 96.3 Å². The summed E-state index contributed by atoms with van der Waals surface area (Å²) in [6.07, 6.45) is 4.86. The number of nitrogens with one attached hydrogen (secondary N) is 2. The van der Waals surface area contributed by atoms with Gasteiger partial charge in [0.05, 0.1) is 6.54 Å². The van der Waals surface area contributed by atoms with E-state index in [-0.39, 0.29) is 36.6 Å². The SMILES string of the molecule is CCCN1C(=O)c2cc(C(=O)NCc3ccccc3Cl)nn2C[C@@]1(C)C(=O)NC1CCCC1. The molecule has 1 aromatic heterocycles. The Morgan fingerprint density at radius 3 is 2.67 bits per heavy atom. The van der Waals surface area contributed by atoms with Crippen molar-refractivity contribution in [2.24, 2.45) is 0 Å². The van der Waals surface area contributed by atoms with E-state index in [1.165, 1.54) is 10.7 Å². The number of hydrogen-bond donors (Lipinski definition) is 2. The minimum Gasteiger partial charge on any atom is -0.351 e. The molecule has 2 N–H and O–H groups in total. The molecule has 1 aliphatic carbocycles. The fourth-order valence-electron chi connectivity index (χ4n) is 4.64. The Kier molecular flexibility index (Phi) is 6.74. The standard InChI is InChI=1S/C24H30ClN5O3/c1-3-12-29-22(32)20-13-19(21(31)26-14-16-8-4-7-11-18(16)25)28-30(20)15-24(29,2)23(33)27-17-9-5-6-10-17/h4,7-8,11,13,17H,3,5-6,9-10,12,14-15H2,1-2H3,(H,26,31)(H,27,33)/t24-/m0/s1. The highest BCUT2D eigenvalue weighted by Crippen LogP contribution is 2.29. The third kappa shape index (κ3) is 4.62. The lowest BCUT2D eigenvalue weighted by atomic mass is 9.94. The number of benzene rings is 1. The lowest BCUT2D eigenvalue weighted by Crippen LogP contribution is -2.65. The molecular weight excluding hydrogens is 442 g/mol. The summed E-state index contributed by atoms with van der Waals surface area (Å²) in [5, 5.41) is 10.9. The van der Waals surface area contributed by atoms with Crippen LogP contribution in [0.4, 0.5) is 0 Å². The fraction of sp³-hybridized carbons (Fsp3) is 0.500. The van der Waals surface area contributed by atoms with Gasteiger partial charge >= 0.3 is 0 Å². The summed E-state index contributed by atoms with van der Waals surface area (Å²) in [5.74, 6) is -0.851. The van der Waals surface area contributed by atoms with E-state index in [2.05, 4.69) is 15.7 Å². The van der Waals surface area contributed by atoms with Crippen LogP contribution in [0.3, 0.4) is 0 Å². The molecule has 176 valence electrons. The third-order valence-electron chi connectivity index (χ3n) is 6.55. The summed E-state index contributed by atoms with van der Waals surface area (Å²) < 4.78 is 1.49. The minimum atomic E-state index is -1.07. The second-order valence-electron chi connectivity index (χ2n) is 9.03. The van der Waals surface area contributed by atoms with Crippen LogP contribution in [0.15, 0.2) is 30.3 Å². The van der Waals surface area contributed by atoms with Gasteiger partial charge in [0.15, 0.2) is 5.69 Å². The van der Waals surface area contributed by atoms with Crippen molar-refractivity contribution in [3.63, 3.8) is 0 Å². The Balaban J connectivity index is 1.54. The molecule has 0 bridgehead atoms. The summed E-state index contributed by atoms with van der Waals surface area (Å²) in [6, 6.07) is 8.92. The molecule has 0 saturated heterocycles. The smallest absolute Gasteiger partial charge is 0.273 e. The second-order valence-corrected chi connectivity index (χ2v) is 9.44. The summed E-state index contributed by atoms with van der Waals surface area (Å²) in [5.41, 5.74) is 0.178. The monoisotopic (exact) mass is 471 g/mol. The Morgan fingerprint density at radius 1 is 1.24 bits per heavy atom. The summed E-state index contributed by atoms with van der Waals surface area (Å²) in [6.45, 7) is 4.66. The van der Waals surface area contributed by atoms with Gasteiger partial charge in [-0.3, -0.25) is 19.1 Å². The van der Waals surface area contributed by atoms with Crippen LogP contribution in [0.5, 0.6) is 0 Å². The van der Waals surface area contributed by atoms with Crippen molar-refractivity contribution in [2.45, 2.75) is 70.6 Å². The first kappa shape index (κ1) is 23.3. The lowest BCUT2D eigenvalue weighted by molar-refractivity contribution is -0.133. The molecule has 0 radical (unpaired) electrons. The largest absolute Gasteiger partial charge is 0.351 e. The predicted octanol–water partition coefficient (Wildman–Crippen LogP) is 3.15. The molecule has 1 atom stereocenters. The number of amides is 3. The van der Waals surface area contributed by atoms with E-state index < -0.39 is 11.4 Å². The predicted molar refractivity (Wildman–Crippen MR) is 125 cm³/mol. The molecule has 1 aromatic carbocycles. The van der Waals surface area contributed by atoms with E-state index >= 15 is 0 Å². The van der Waals surface area contributed by atoms with E-state index in [0.29, 0.717) is 17.3 Å². The van der Waals surface area contributed by atoms with Gasteiger partial charge in [0.1, 0.15) is 11.2 Å². The van der Waals surface area contributed by atoms with Gasteiger partial charge in [0.2, 0.25) is 5.91 Å². The number of fused-ring (bicyclic) bond motifs is 1. The van der Waals surface area contributed by atoms with E-state index in [9.17, 15) is 14.4 Å². The molecule has 8 nitrogen and oxygen atoms in total. The zero-order chi connectivity index (χ0) is 23.6. The summed E-state index contributed by atoms with van der Waals surface area (Å²) in [4.78, 5) is 41.0. The second kappa shape index (κ2) is 9.55. The van der Waals surface area contributed by atoms with Crippen molar-refractivity contribution in [3.05, 3.63) is 52.3 Å². The molecule has 3 amide bonds. The number of carbonyl (C=O) groups excluding carboxylic acids is 3. The van der Waals surface area contributed by atoms with Crippen LogP contribution in [-0.4, -0.2) is 50.5 Å². The molecule has 33 heavy (non-hydrogen) atoms. The van der Waals surface area contributed by atoms with Crippen LogP contribution < -0.4 is 10.6 Å². The van der Waals surface area contributed by atoms with Crippen molar-refractivity contribution in [1.82, 2.24) is 25.3 Å². The quantitative estimate of drug-likeness (QED) is 0.648. The highest BCUT2D eigenvalue weighted by Gasteiger charge is 2.48. The van der Waals surface area contributed by atoms with Gasteiger partial charge in [-0.05, 0) is 37.8 Å². The van der Waals surface area contributed by atoms with Crippen LogP contribution in [0.25, 0.3) is 0 Å². The van der Waals surface area contributed by atoms with E-state index in [1.807, 2.05) is 25.1 Å². The number of carbonyl (C=O) groups is 3. The first-order valence-electron chi connectivity index (χ1n) is 11.6. The first-order chi connectivity index (χ1) is 15.8. The van der Waals surface area contributed by atoms with Crippen LogP contribution in [0.2, 0.25) is 5.02 Å². The number of nitrogens with zero attached hydrogens (tertiary/aromatic N) is 3.